The van der Waals surface area contributed by atoms with Gasteiger partial charge in [0.05, 0.1) is 13.2 Å². The lowest BCUT2D eigenvalue weighted by Gasteiger charge is -2.28. The monoisotopic (exact) mass is 347 g/mol. The number of amides is 1. The maximum Gasteiger partial charge on any atom is 0.223 e. The molecular weight excluding hydrogens is 318 g/mol. The van der Waals surface area contributed by atoms with Crippen molar-refractivity contribution in [2.45, 2.75) is 64.0 Å². The fraction of sp³-hybridized carbons (Fsp3) is 0.789. The van der Waals surface area contributed by atoms with E-state index in [4.69, 9.17) is 9.26 Å². The Hall–Kier alpha value is -1.40. The third kappa shape index (κ3) is 4.06. The molecule has 1 aliphatic heterocycles. The lowest BCUT2D eigenvalue weighted by Crippen LogP contribution is -2.42. The molecule has 25 heavy (non-hydrogen) atoms. The number of fused-ring (bicyclic) bond motifs is 1. The van der Waals surface area contributed by atoms with Gasteiger partial charge in [0, 0.05) is 43.6 Å². The SMILES string of the molecule is O=C(NC1CCc2onc(CN3CCOCC3)c2C1)C1CCCCC1. The quantitative estimate of drug-likeness (QED) is 0.903. The Labute approximate surface area is 149 Å². The molecule has 1 aromatic heterocycles. The van der Waals surface area contributed by atoms with E-state index in [0.717, 1.165) is 76.4 Å². The van der Waals surface area contributed by atoms with Crippen LogP contribution >= 0.6 is 0 Å². The summed E-state index contributed by atoms with van der Waals surface area (Å²) in [5.74, 6) is 1.51. The minimum atomic E-state index is 0.227. The number of nitrogens with one attached hydrogen (secondary N) is 1. The van der Waals surface area contributed by atoms with Crippen LogP contribution in [0.25, 0.3) is 0 Å². The average molecular weight is 347 g/mol. The second kappa shape index (κ2) is 7.87. The lowest BCUT2D eigenvalue weighted by atomic mass is 9.87. The summed E-state index contributed by atoms with van der Waals surface area (Å²) in [7, 11) is 0. The Bertz CT molecular complexity index is 589. The van der Waals surface area contributed by atoms with Gasteiger partial charge in [-0.25, -0.2) is 0 Å². The number of hydrogen-bond donors (Lipinski definition) is 1. The molecule has 138 valence electrons. The Morgan fingerprint density at radius 3 is 2.76 bits per heavy atom. The van der Waals surface area contributed by atoms with Gasteiger partial charge >= 0.3 is 0 Å². The zero-order valence-corrected chi connectivity index (χ0v) is 15.0. The predicted octanol–water partition coefficient (Wildman–Crippen LogP) is 2.06. The topological polar surface area (TPSA) is 67.6 Å². The van der Waals surface area contributed by atoms with E-state index in [9.17, 15) is 4.79 Å². The summed E-state index contributed by atoms with van der Waals surface area (Å²) >= 11 is 0. The number of ether oxygens (including phenoxy) is 1. The summed E-state index contributed by atoms with van der Waals surface area (Å²) in [4.78, 5) is 14.9. The highest BCUT2D eigenvalue weighted by molar-refractivity contribution is 5.79. The number of nitrogens with zero attached hydrogens (tertiary/aromatic N) is 2. The molecule has 0 spiro atoms. The highest BCUT2D eigenvalue weighted by atomic mass is 16.5. The van der Waals surface area contributed by atoms with Crippen molar-refractivity contribution in [2.24, 2.45) is 5.92 Å². The van der Waals surface area contributed by atoms with Gasteiger partial charge in [-0.1, -0.05) is 24.4 Å². The lowest BCUT2D eigenvalue weighted by molar-refractivity contribution is -0.126. The largest absolute Gasteiger partial charge is 0.379 e. The van der Waals surface area contributed by atoms with E-state index in [1.807, 2.05) is 0 Å². The van der Waals surface area contributed by atoms with E-state index < -0.39 is 0 Å². The van der Waals surface area contributed by atoms with Crippen molar-refractivity contribution in [3.8, 4) is 0 Å². The van der Waals surface area contributed by atoms with Gasteiger partial charge < -0.3 is 14.6 Å². The standard InChI is InChI=1S/C19H29N3O3/c23-19(14-4-2-1-3-5-14)20-15-6-7-18-16(12-15)17(21-25-18)13-22-8-10-24-11-9-22/h14-15H,1-13H2,(H,20,23). The van der Waals surface area contributed by atoms with Crippen molar-refractivity contribution in [1.29, 1.82) is 0 Å². The van der Waals surface area contributed by atoms with E-state index >= 15 is 0 Å². The van der Waals surface area contributed by atoms with Crippen LogP contribution in [0.4, 0.5) is 0 Å². The minimum absolute atomic E-state index is 0.227. The van der Waals surface area contributed by atoms with Crippen molar-refractivity contribution in [1.82, 2.24) is 15.4 Å². The van der Waals surface area contributed by atoms with Crippen LogP contribution in [0.5, 0.6) is 0 Å². The number of rotatable bonds is 4. The Balaban J connectivity index is 1.36. The first-order valence-electron chi connectivity index (χ1n) is 9.86. The van der Waals surface area contributed by atoms with Gasteiger partial charge in [-0.2, -0.15) is 0 Å². The molecule has 2 heterocycles. The van der Waals surface area contributed by atoms with Gasteiger partial charge in [0.2, 0.25) is 5.91 Å². The van der Waals surface area contributed by atoms with Crippen LogP contribution in [0.15, 0.2) is 4.52 Å². The molecule has 1 amide bonds. The molecule has 0 bridgehead atoms. The number of aromatic nitrogens is 1. The molecule has 4 rings (SSSR count). The summed E-state index contributed by atoms with van der Waals surface area (Å²) in [6.07, 6.45) is 8.47. The second-order valence-electron chi connectivity index (χ2n) is 7.70. The number of aryl methyl sites for hydroxylation is 1. The molecule has 2 fully saturated rings. The van der Waals surface area contributed by atoms with Crippen LogP contribution in [0, 0.1) is 5.92 Å². The maximum atomic E-state index is 12.5. The Morgan fingerprint density at radius 1 is 1.16 bits per heavy atom. The number of carbonyl (C=O) groups is 1. The summed E-state index contributed by atoms with van der Waals surface area (Å²) in [5, 5.41) is 7.63. The van der Waals surface area contributed by atoms with Gasteiger partial charge in [0.1, 0.15) is 11.5 Å². The molecule has 1 N–H and O–H groups in total. The second-order valence-corrected chi connectivity index (χ2v) is 7.70. The summed E-state index contributed by atoms with van der Waals surface area (Å²) < 4.78 is 11.0. The zero-order chi connectivity index (χ0) is 17.1. The van der Waals surface area contributed by atoms with Crippen LogP contribution in [-0.4, -0.2) is 48.3 Å². The van der Waals surface area contributed by atoms with Crippen LogP contribution < -0.4 is 5.32 Å². The normalized spacial score (nSPS) is 25.5. The third-order valence-electron chi connectivity index (χ3n) is 5.92. The molecule has 1 aromatic rings. The number of carbonyl (C=O) groups excluding carboxylic acids is 1. The highest BCUT2D eigenvalue weighted by Crippen LogP contribution is 2.27. The maximum absolute atomic E-state index is 12.5. The van der Waals surface area contributed by atoms with Gasteiger partial charge in [0.15, 0.2) is 0 Å². The van der Waals surface area contributed by atoms with Gasteiger partial charge in [0.25, 0.3) is 0 Å². The van der Waals surface area contributed by atoms with E-state index in [-0.39, 0.29) is 17.9 Å². The summed E-state index contributed by atoms with van der Waals surface area (Å²) in [6, 6.07) is 0.227. The first-order valence-corrected chi connectivity index (χ1v) is 9.86. The van der Waals surface area contributed by atoms with Gasteiger partial charge in [-0.05, 0) is 25.7 Å². The fourth-order valence-electron chi connectivity index (χ4n) is 4.37. The summed E-state index contributed by atoms with van der Waals surface area (Å²) in [6.45, 7) is 4.30. The Kier molecular flexibility index (Phi) is 5.36. The number of hydrogen-bond acceptors (Lipinski definition) is 5. The first-order chi connectivity index (χ1) is 12.3. The van der Waals surface area contributed by atoms with Crippen LogP contribution in [0.2, 0.25) is 0 Å². The van der Waals surface area contributed by atoms with E-state index in [0.29, 0.717) is 0 Å². The molecule has 2 aliphatic carbocycles. The van der Waals surface area contributed by atoms with Crippen LogP contribution in [0.1, 0.15) is 55.5 Å². The van der Waals surface area contributed by atoms with Gasteiger partial charge in [-0.15, -0.1) is 0 Å². The van der Waals surface area contributed by atoms with Crippen molar-refractivity contribution in [3.05, 3.63) is 17.0 Å². The zero-order valence-electron chi connectivity index (χ0n) is 15.0. The fourth-order valence-corrected chi connectivity index (χ4v) is 4.37. The molecule has 6 heteroatoms. The van der Waals surface area contributed by atoms with Crippen molar-refractivity contribution >= 4 is 5.91 Å². The molecule has 0 aromatic carbocycles. The third-order valence-corrected chi connectivity index (χ3v) is 5.92. The highest BCUT2D eigenvalue weighted by Gasteiger charge is 2.29. The first kappa shape index (κ1) is 17.0. The smallest absolute Gasteiger partial charge is 0.223 e. The minimum Gasteiger partial charge on any atom is -0.379 e. The van der Waals surface area contributed by atoms with E-state index in [1.54, 1.807) is 0 Å². The molecule has 1 unspecified atom stereocenters. The predicted molar refractivity (Wildman–Crippen MR) is 93.1 cm³/mol. The van der Waals surface area contributed by atoms with Crippen molar-refractivity contribution in [2.75, 3.05) is 26.3 Å². The van der Waals surface area contributed by atoms with Crippen molar-refractivity contribution < 1.29 is 14.1 Å². The average Bonchev–Trinajstić information content (AvgIpc) is 3.05. The molecular formula is C19H29N3O3. The Morgan fingerprint density at radius 2 is 1.96 bits per heavy atom. The summed E-state index contributed by atoms with van der Waals surface area (Å²) in [5.41, 5.74) is 2.28. The van der Waals surface area contributed by atoms with E-state index in [1.165, 1.54) is 24.8 Å². The van der Waals surface area contributed by atoms with Crippen LogP contribution in [-0.2, 0) is 28.9 Å². The molecule has 3 aliphatic rings. The molecule has 6 nitrogen and oxygen atoms in total. The number of morpholine rings is 1. The van der Waals surface area contributed by atoms with Gasteiger partial charge in [-0.3, -0.25) is 9.69 Å². The molecule has 1 saturated heterocycles. The van der Waals surface area contributed by atoms with E-state index in [2.05, 4.69) is 15.4 Å². The molecule has 1 atom stereocenters. The van der Waals surface area contributed by atoms with Crippen molar-refractivity contribution in [3.63, 3.8) is 0 Å². The molecule has 0 radical (unpaired) electrons. The van der Waals surface area contributed by atoms with Crippen LogP contribution in [0.3, 0.4) is 0 Å². The molecule has 1 saturated carbocycles.